The van der Waals surface area contributed by atoms with Crippen LogP contribution in [0.5, 0.6) is 0 Å². The Kier molecular flexibility index (Phi) is 4.28. The van der Waals surface area contributed by atoms with Gasteiger partial charge in [-0.25, -0.2) is 9.07 Å². The predicted octanol–water partition coefficient (Wildman–Crippen LogP) is 2.48. The molecule has 0 radical (unpaired) electrons. The molecule has 0 aliphatic carbocycles. The first-order chi connectivity index (χ1) is 9.19. The van der Waals surface area contributed by atoms with Gasteiger partial charge in [-0.15, -0.1) is 5.10 Å². The lowest BCUT2D eigenvalue weighted by Gasteiger charge is -2.11. The summed E-state index contributed by atoms with van der Waals surface area (Å²) in [4.78, 5) is 2.05. The Labute approximate surface area is 112 Å². The lowest BCUT2D eigenvalue weighted by atomic mass is 10.2. The molecule has 0 spiro atoms. The summed E-state index contributed by atoms with van der Waals surface area (Å²) in [5.74, 6) is 0. The van der Waals surface area contributed by atoms with Crippen molar-refractivity contribution in [3.63, 3.8) is 0 Å². The predicted molar refractivity (Wildman–Crippen MR) is 75.7 cm³/mol. The van der Waals surface area contributed by atoms with E-state index in [4.69, 9.17) is 0 Å². The number of benzene rings is 1. The normalized spacial score (nSPS) is 11.1. The van der Waals surface area contributed by atoms with E-state index in [1.807, 2.05) is 38.4 Å². The molecule has 0 N–H and O–H groups in total. The molecule has 5 heteroatoms. The van der Waals surface area contributed by atoms with E-state index in [9.17, 15) is 4.39 Å². The van der Waals surface area contributed by atoms with Crippen LogP contribution in [0.15, 0.2) is 30.5 Å². The summed E-state index contributed by atoms with van der Waals surface area (Å²) in [7, 11) is 4.02. The number of nitrogens with zero attached hydrogens (tertiary/aromatic N) is 4. The molecule has 0 saturated carbocycles. The first-order valence-electron chi connectivity index (χ1n) is 6.10. The summed E-state index contributed by atoms with van der Waals surface area (Å²) in [6, 6.07) is 8.19. The highest BCUT2D eigenvalue weighted by molar-refractivity contribution is 5.68. The second kappa shape index (κ2) is 6.13. The molecule has 1 heterocycles. The number of hydrogen-bond donors (Lipinski definition) is 0. The Hall–Kier alpha value is -2.17. The monoisotopic (exact) mass is 259 g/mol. The van der Waals surface area contributed by atoms with Crippen molar-refractivity contribution >= 4 is 17.8 Å². The van der Waals surface area contributed by atoms with Crippen molar-refractivity contribution in [2.45, 2.75) is 6.54 Å². The third-order valence-electron chi connectivity index (χ3n) is 2.73. The van der Waals surface area contributed by atoms with Crippen LogP contribution in [-0.4, -0.2) is 35.8 Å². The summed E-state index contributed by atoms with van der Waals surface area (Å²) < 4.78 is 13.6. The van der Waals surface area contributed by atoms with E-state index >= 15 is 0 Å². The largest absolute Gasteiger partial charge is 0.378 e. The molecule has 0 unspecified atom stereocenters. The molecular formula is C14H17FN4. The van der Waals surface area contributed by atoms with E-state index in [0.29, 0.717) is 0 Å². The topological polar surface area (TPSA) is 34.0 Å². The van der Waals surface area contributed by atoms with Crippen LogP contribution >= 0.6 is 0 Å². The summed E-state index contributed by atoms with van der Waals surface area (Å²) in [6.07, 6.45) is 5.56. The van der Waals surface area contributed by atoms with E-state index in [2.05, 4.69) is 27.3 Å². The van der Waals surface area contributed by atoms with Gasteiger partial charge < -0.3 is 4.90 Å². The highest BCUT2D eigenvalue weighted by atomic mass is 18.2. The van der Waals surface area contributed by atoms with Gasteiger partial charge in [0.05, 0.1) is 12.7 Å². The molecule has 100 valence electrons. The van der Waals surface area contributed by atoms with E-state index in [1.54, 1.807) is 6.20 Å². The van der Waals surface area contributed by atoms with Crippen molar-refractivity contribution in [1.29, 1.82) is 0 Å². The number of aryl methyl sites for hydroxylation is 1. The molecule has 0 bridgehead atoms. The van der Waals surface area contributed by atoms with Crippen LogP contribution < -0.4 is 4.90 Å². The number of halogens is 1. The van der Waals surface area contributed by atoms with E-state index in [0.717, 1.165) is 16.9 Å². The van der Waals surface area contributed by atoms with Gasteiger partial charge >= 0.3 is 0 Å². The molecule has 2 rings (SSSR count). The fourth-order valence-corrected chi connectivity index (χ4v) is 1.65. The highest BCUT2D eigenvalue weighted by Crippen LogP contribution is 2.14. The van der Waals surface area contributed by atoms with Gasteiger partial charge in [-0.1, -0.05) is 23.4 Å². The molecule has 4 nitrogen and oxygen atoms in total. The van der Waals surface area contributed by atoms with Gasteiger partial charge in [-0.2, -0.15) is 0 Å². The van der Waals surface area contributed by atoms with Crippen LogP contribution in [0.25, 0.3) is 12.2 Å². The molecule has 0 saturated heterocycles. The average Bonchev–Trinajstić information content (AvgIpc) is 2.85. The number of aromatic nitrogens is 3. The molecule has 0 amide bonds. The van der Waals surface area contributed by atoms with Gasteiger partial charge in [0.2, 0.25) is 0 Å². The Balaban J connectivity index is 2.04. The van der Waals surface area contributed by atoms with Crippen molar-refractivity contribution in [2.24, 2.45) is 0 Å². The Morgan fingerprint density at radius 2 is 1.95 bits per heavy atom. The van der Waals surface area contributed by atoms with Gasteiger partial charge in [0.25, 0.3) is 0 Å². The van der Waals surface area contributed by atoms with Gasteiger partial charge in [-0.3, -0.25) is 0 Å². The summed E-state index contributed by atoms with van der Waals surface area (Å²) in [5.41, 5.74) is 2.97. The second-order valence-corrected chi connectivity index (χ2v) is 4.41. The van der Waals surface area contributed by atoms with Gasteiger partial charge in [0.15, 0.2) is 0 Å². The van der Waals surface area contributed by atoms with E-state index in [-0.39, 0.29) is 6.54 Å². The van der Waals surface area contributed by atoms with Crippen LogP contribution in [0, 0.1) is 0 Å². The molecule has 0 atom stereocenters. The van der Waals surface area contributed by atoms with Gasteiger partial charge in [0, 0.05) is 19.8 Å². The van der Waals surface area contributed by atoms with Gasteiger partial charge in [0.1, 0.15) is 12.4 Å². The van der Waals surface area contributed by atoms with Crippen LogP contribution in [-0.2, 0) is 6.54 Å². The number of alkyl halides is 1. The smallest absolute Gasteiger partial charge is 0.109 e. The maximum atomic E-state index is 12.1. The number of rotatable bonds is 5. The molecule has 0 fully saturated rings. The first-order valence-corrected chi connectivity index (χ1v) is 6.10. The van der Waals surface area contributed by atoms with Crippen LogP contribution in [0.2, 0.25) is 0 Å². The summed E-state index contributed by atoms with van der Waals surface area (Å²) in [6.45, 7) is -0.184. The van der Waals surface area contributed by atoms with Crippen LogP contribution in [0.4, 0.5) is 10.1 Å². The van der Waals surface area contributed by atoms with Gasteiger partial charge in [-0.05, 0) is 23.8 Å². The van der Waals surface area contributed by atoms with Crippen LogP contribution in [0.3, 0.4) is 0 Å². The lowest BCUT2D eigenvalue weighted by Crippen LogP contribution is -2.07. The zero-order valence-electron chi connectivity index (χ0n) is 11.1. The minimum Gasteiger partial charge on any atom is -0.378 e. The zero-order valence-corrected chi connectivity index (χ0v) is 11.1. The second-order valence-electron chi connectivity index (χ2n) is 4.41. The Morgan fingerprint density at radius 1 is 1.21 bits per heavy atom. The van der Waals surface area contributed by atoms with Crippen molar-refractivity contribution < 1.29 is 4.39 Å². The maximum absolute atomic E-state index is 12.1. The molecule has 0 aliphatic rings. The standard InChI is InChI=1S/C14H17FN4/c1-18(2)14-7-4-12(5-8-14)3-6-13-11-19(10-9-15)17-16-13/h3-8,11H,9-10H2,1-2H3/b6-3+/i15-1. The van der Waals surface area contributed by atoms with Crippen molar-refractivity contribution in [3.05, 3.63) is 41.7 Å². The molecule has 0 aliphatic heterocycles. The fourth-order valence-electron chi connectivity index (χ4n) is 1.65. The zero-order chi connectivity index (χ0) is 13.7. The van der Waals surface area contributed by atoms with Crippen molar-refractivity contribution in [1.82, 2.24) is 15.0 Å². The molecule has 2 aromatic rings. The maximum Gasteiger partial charge on any atom is 0.109 e. The van der Waals surface area contributed by atoms with Crippen LogP contribution in [0.1, 0.15) is 11.3 Å². The number of hydrogen-bond acceptors (Lipinski definition) is 3. The lowest BCUT2D eigenvalue weighted by molar-refractivity contribution is 0.422. The minimum atomic E-state index is -0.432. The third-order valence-corrected chi connectivity index (χ3v) is 2.73. The quantitative estimate of drug-likeness (QED) is 0.827. The SMILES string of the molecule is CN(C)c1ccc(/C=C/c2cn(CC[18F])nn2)cc1. The average molecular weight is 259 g/mol. The fraction of sp³-hybridized carbons (Fsp3) is 0.286. The molecular weight excluding hydrogens is 242 g/mol. The molecule has 1 aromatic heterocycles. The Bertz CT molecular complexity index is 543. The van der Waals surface area contributed by atoms with Crippen molar-refractivity contribution in [3.8, 4) is 0 Å². The van der Waals surface area contributed by atoms with E-state index in [1.165, 1.54) is 4.68 Å². The van der Waals surface area contributed by atoms with E-state index < -0.39 is 6.67 Å². The summed E-state index contributed by atoms with van der Waals surface area (Å²) >= 11 is 0. The first kappa shape index (κ1) is 13.3. The minimum absolute atomic E-state index is 0.248. The number of anilines is 1. The summed E-state index contributed by atoms with van der Waals surface area (Å²) in [5, 5.41) is 7.77. The molecule has 19 heavy (non-hydrogen) atoms. The van der Waals surface area contributed by atoms with Crippen molar-refractivity contribution in [2.75, 3.05) is 25.7 Å². The third kappa shape index (κ3) is 3.64. The highest BCUT2D eigenvalue weighted by Gasteiger charge is 1.97. The Morgan fingerprint density at radius 3 is 2.58 bits per heavy atom. The molecule has 1 aromatic carbocycles.